The Morgan fingerprint density at radius 3 is 3.00 bits per heavy atom. The summed E-state index contributed by atoms with van der Waals surface area (Å²) in [5.41, 5.74) is -0.0506. The molecule has 0 amide bonds. The summed E-state index contributed by atoms with van der Waals surface area (Å²) in [5.74, 6) is -0.317. The van der Waals surface area contributed by atoms with Crippen LogP contribution in [-0.2, 0) is 6.54 Å². The average molecular weight is 233 g/mol. The van der Waals surface area contributed by atoms with Gasteiger partial charge in [0, 0.05) is 12.6 Å². The number of hydrogen-bond acceptors (Lipinski definition) is 4. The predicted octanol–water partition coefficient (Wildman–Crippen LogP) is 1.79. The van der Waals surface area contributed by atoms with Crippen LogP contribution in [0.3, 0.4) is 0 Å². The number of aromatic carboxylic acids is 1. The van der Waals surface area contributed by atoms with Gasteiger partial charge in [0.2, 0.25) is 5.88 Å². The van der Waals surface area contributed by atoms with Crippen LogP contribution >= 0.6 is 0 Å². The molecule has 17 heavy (non-hydrogen) atoms. The molecule has 0 radical (unpaired) electrons. The van der Waals surface area contributed by atoms with Crippen molar-refractivity contribution in [2.24, 2.45) is 0 Å². The van der Waals surface area contributed by atoms with E-state index in [2.05, 4.69) is 10.1 Å². The number of carboxylic acid groups (broad SMARTS) is 1. The van der Waals surface area contributed by atoms with Crippen molar-refractivity contribution in [3.05, 3.63) is 36.3 Å². The summed E-state index contributed by atoms with van der Waals surface area (Å²) >= 11 is 0. The minimum Gasteiger partial charge on any atom is -0.477 e. The van der Waals surface area contributed by atoms with E-state index in [-0.39, 0.29) is 11.6 Å². The molecule has 0 aliphatic rings. The summed E-state index contributed by atoms with van der Waals surface area (Å²) in [7, 11) is 0. The maximum atomic E-state index is 10.7. The fourth-order valence-electron chi connectivity index (χ4n) is 1.28. The van der Waals surface area contributed by atoms with E-state index in [9.17, 15) is 4.79 Å². The molecule has 0 spiro atoms. The number of rotatable bonds is 4. The lowest BCUT2D eigenvalue weighted by Crippen LogP contribution is -2.00. The highest BCUT2D eigenvalue weighted by atomic mass is 16.5. The van der Waals surface area contributed by atoms with Gasteiger partial charge in [-0.1, -0.05) is 6.07 Å². The van der Waals surface area contributed by atoms with Crippen molar-refractivity contribution in [3.8, 4) is 11.6 Å². The van der Waals surface area contributed by atoms with E-state index in [4.69, 9.17) is 9.84 Å². The number of carboxylic acids is 1. The molecule has 0 saturated heterocycles. The van der Waals surface area contributed by atoms with Crippen LogP contribution < -0.4 is 4.74 Å². The largest absolute Gasteiger partial charge is 0.477 e. The van der Waals surface area contributed by atoms with Gasteiger partial charge in [0.05, 0.1) is 12.4 Å². The summed E-state index contributed by atoms with van der Waals surface area (Å²) in [6, 6.07) is 4.58. The summed E-state index contributed by atoms with van der Waals surface area (Å²) in [6.07, 6.45) is 3.27. The minimum atomic E-state index is -1.08. The van der Waals surface area contributed by atoms with Crippen LogP contribution in [0, 0.1) is 0 Å². The molecule has 0 atom stereocenters. The second-order valence-electron chi connectivity index (χ2n) is 3.30. The summed E-state index contributed by atoms with van der Waals surface area (Å²) in [4.78, 5) is 14.6. The van der Waals surface area contributed by atoms with Crippen LogP contribution in [0.15, 0.2) is 30.6 Å². The molecule has 0 saturated carbocycles. The summed E-state index contributed by atoms with van der Waals surface area (Å²) in [6.45, 7) is 2.70. The Kier molecular flexibility index (Phi) is 3.04. The van der Waals surface area contributed by atoms with E-state index in [1.165, 1.54) is 6.07 Å². The maximum absolute atomic E-state index is 10.7. The van der Waals surface area contributed by atoms with E-state index in [0.29, 0.717) is 5.75 Å². The van der Waals surface area contributed by atoms with Crippen LogP contribution in [-0.4, -0.2) is 25.8 Å². The first-order valence-electron chi connectivity index (χ1n) is 5.09. The molecule has 0 aliphatic carbocycles. The van der Waals surface area contributed by atoms with Gasteiger partial charge in [-0.2, -0.15) is 5.10 Å². The van der Waals surface area contributed by atoms with Gasteiger partial charge in [0.15, 0.2) is 11.4 Å². The lowest BCUT2D eigenvalue weighted by Gasteiger charge is -2.01. The third-order valence-corrected chi connectivity index (χ3v) is 2.10. The Bertz CT molecular complexity index is 536. The zero-order valence-corrected chi connectivity index (χ0v) is 9.20. The van der Waals surface area contributed by atoms with Crippen molar-refractivity contribution in [2.75, 3.05) is 0 Å². The zero-order valence-electron chi connectivity index (χ0n) is 9.20. The molecule has 88 valence electrons. The first-order chi connectivity index (χ1) is 8.19. The van der Waals surface area contributed by atoms with Gasteiger partial charge in [0.25, 0.3) is 0 Å². The predicted molar refractivity (Wildman–Crippen MR) is 59.2 cm³/mol. The molecule has 6 nitrogen and oxygen atoms in total. The van der Waals surface area contributed by atoms with Crippen LogP contribution in [0.4, 0.5) is 0 Å². The standard InChI is InChI=1S/C11H11N3O3/c1-2-14-7-8(6-12-14)17-10-5-3-4-9(13-10)11(15)16/h3-7H,2H2,1H3,(H,15,16). The number of aromatic nitrogens is 3. The van der Waals surface area contributed by atoms with Crippen molar-refractivity contribution in [1.82, 2.24) is 14.8 Å². The van der Waals surface area contributed by atoms with Crippen molar-refractivity contribution >= 4 is 5.97 Å². The van der Waals surface area contributed by atoms with E-state index >= 15 is 0 Å². The first-order valence-corrected chi connectivity index (χ1v) is 5.09. The molecule has 6 heteroatoms. The number of carbonyl (C=O) groups is 1. The second-order valence-corrected chi connectivity index (χ2v) is 3.30. The third kappa shape index (κ3) is 2.60. The lowest BCUT2D eigenvalue weighted by atomic mass is 10.3. The molecule has 1 N–H and O–H groups in total. The van der Waals surface area contributed by atoms with E-state index in [1.54, 1.807) is 29.2 Å². The number of aryl methyl sites for hydroxylation is 1. The van der Waals surface area contributed by atoms with Gasteiger partial charge in [0.1, 0.15) is 0 Å². The molecule has 0 bridgehead atoms. The van der Waals surface area contributed by atoms with Crippen molar-refractivity contribution in [2.45, 2.75) is 13.5 Å². The molecule has 0 aliphatic heterocycles. The van der Waals surface area contributed by atoms with Crippen LogP contribution in [0.2, 0.25) is 0 Å². The fraction of sp³-hybridized carbons (Fsp3) is 0.182. The zero-order chi connectivity index (χ0) is 12.3. The van der Waals surface area contributed by atoms with E-state index in [1.807, 2.05) is 6.92 Å². The molecule has 2 heterocycles. The monoisotopic (exact) mass is 233 g/mol. The average Bonchev–Trinajstić information content (AvgIpc) is 2.77. The molecular formula is C11H11N3O3. The quantitative estimate of drug-likeness (QED) is 0.871. The van der Waals surface area contributed by atoms with Crippen molar-refractivity contribution in [1.29, 1.82) is 0 Å². The Hall–Kier alpha value is -2.37. The number of nitrogens with zero attached hydrogens (tertiary/aromatic N) is 3. The SMILES string of the molecule is CCn1cc(Oc2cccc(C(=O)O)n2)cn1. The fourth-order valence-corrected chi connectivity index (χ4v) is 1.28. The van der Waals surface area contributed by atoms with Gasteiger partial charge >= 0.3 is 5.97 Å². The van der Waals surface area contributed by atoms with Crippen LogP contribution in [0.25, 0.3) is 0 Å². The van der Waals surface area contributed by atoms with Crippen LogP contribution in [0.1, 0.15) is 17.4 Å². The lowest BCUT2D eigenvalue weighted by molar-refractivity contribution is 0.0689. The highest BCUT2D eigenvalue weighted by Gasteiger charge is 2.07. The van der Waals surface area contributed by atoms with Gasteiger partial charge < -0.3 is 9.84 Å². The Morgan fingerprint density at radius 1 is 1.53 bits per heavy atom. The molecule has 2 aromatic rings. The highest BCUT2D eigenvalue weighted by molar-refractivity contribution is 5.85. The third-order valence-electron chi connectivity index (χ3n) is 2.10. The molecule has 0 fully saturated rings. The van der Waals surface area contributed by atoms with Crippen molar-refractivity contribution in [3.63, 3.8) is 0 Å². The van der Waals surface area contributed by atoms with E-state index in [0.717, 1.165) is 6.54 Å². The first kappa shape index (κ1) is 11.1. The Labute approximate surface area is 97.5 Å². The molecule has 0 unspecified atom stereocenters. The Morgan fingerprint density at radius 2 is 2.35 bits per heavy atom. The maximum Gasteiger partial charge on any atom is 0.354 e. The molecule has 0 aromatic carbocycles. The van der Waals surface area contributed by atoms with Crippen LogP contribution in [0.5, 0.6) is 11.6 Å². The number of pyridine rings is 1. The van der Waals surface area contributed by atoms with E-state index < -0.39 is 5.97 Å². The topological polar surface area (TPSA) is 77.2 Å². The normalized spacial score (nSPS) is 10.2. The summed E-state index contributed by atoms with van der Waals surface area (Å²) < 4.78 is 7.10. The molecular weight excluding hydrogens is 222 g/mol. The molecule has 2 aromatic heterocycles. The number of ether oxygens (including phenoxy) is 1. The van der Waals surface area contributed by atoms with Gasteiger partial charge in [-0.05, 0) is 13.0 Å². The van der Waals surface area contributed by atoms with Gasteiger partial charge in [-0.15, -0.1) is 0 Å². The van der Waals surface area contributed by atoms with Gasteiger partial charge in [-0.3, -0.25) is 4.68 Å². The Balaban J connectivity index is 2.18. The number of hydrogen-bond donors (Lipinski definition) is 1. The molecule has 2 rings (SSSR count). The summed E-state index contributed by atoms with van der Waals surface area (Å²) in [5, 5.41) is 12.8. The van der Waals surface area contributed by atoms with Gasteiger partial charge in [-0.25, -0.2) is 9.78 Å². The minimum absolute atomic E-state index is 0.0506. The smallest absolute Gasteiger partial charge is 0.354 e. The second kappa shape index (κ2) is 4.65. The highest BCUT2D eigenvalue weighted by Crippen LogP contribution is 2.18. The van der Waals surface area contributed by atoms with Crippen molar-refractivity contribution < 1.29 is 14.6 Å².